The van der Waals surface area contributed by atoms with Crippen molar-refractivity contribution in [1.29, 1.82) is 0 Å². The van der Waals surface area contributed by atoms with E-state index in [1.54, 1.807) is 0 Å². The van der Waals surface area contributed by atoms with Crippen molar-refractivity contribution in [2.45, 2.75) is 32.2 Å². The van der Waals surface area contributed by atoms with Crippen LogP contribution in [0.1, 0.15) is 36.1 Å². The van der Waals surface area contributed by atoms with Gasteiger partial charge in [0.25, 0.3) is 5.91 Å². The van der Waals surface area contributed by atoms with Gasteiger partial charge in [0.2, 0.25) is 0 Å². The van der Waals surface area contributed by atoms with Crippen LogP contribution in [0.5, 0.6) is 0 Å². The lowest BCUT2D eigenvalue weighted by Crippen LogP contribution is -2.48. The second-order valence-electron chi connectivity index (χ2n) is 8.16. The SMILES string of the molecule is CCc1ccc(NC(=O)C(Nc2ccc(CC)cc2)(c2ccccc2)c2ccccc2)cc1. The topological polar surface area (TPSA) is 41.1 Å². The maximum atomic E-state index is 14.1. The van der Waals surface area contributed by atoms with Crippen molar-refractivity contribution >= 4 is 17.3 Å². The van der Waals surface area contributed by atoms with E-state index in [0.29, 0.717) is 0 Å². The molecule has 0 bridgehead atoms. The average Bonchev–Trinajstić information content (AvgIpc) is 2.89. The predicted octanol–water partition coefficient (Wildman–Crippen LogP) is 6.81. The molecule has 0 aliphatic carbocycles. The third kappa shape index (κ3) is 4.83. The lowest BCUT2D eigenvalue weighted by Gasteiger charge is -2.35. The van der Waals surface area contributed by atoms with Gasteiger partial charge in [-0.2, -0.15) is 0 Å². The van der Waals surface area contributed by atoms with Crippen LogP contribution in [0.4, 0.5) is 11.4 Å². The number of benzene rings is 4. The van der Waals surface area contributed by atoms with Crippen molar-refractivity contribution in [2.24, 2.45) is 0 Å². The minimum absolute atomic E-state index is 0.135. The fourth-order valence-electron chi connectivity index (χ4n) is 4.10. The maximum Gasteiger partial charge on any atom is 0.259 e. The van der Waals surface area contributed by atoms with Gasteiger partial charge in [-0.15, -0.1) is 0 Å². The Labute approximate surface area is 196 Å². The highest BCUT2D eigenvalue weighted by Gasteiger charge is 2.42. The van der Waals surface area contributed by atoms with Gasteiger partial charge in [0, 0.05) is 11.4 Å². The van der Waals surface area contributed by atoms with Gasteiger partial charge in [0.05, 0.1) is 0 Å². The number of aryl methyl sites for hydroxylation is 2. The molecular formula is C30H30N2O. The molecule has 0 radical (unpaired) electrons. The zero-order valence-corrected chi connectivity index (χ0v) is 19.2. The molecule has 0 unspecified atom stereocenters. The molecule has 4 rings (SSSR count). The molecule has 33 heavy (non-hydrogen) atoms. The second-order valence-corrected chi connectivity index (χ2v) is 8.16. The van der Waals surface area contributed by atoms with E-state index in [0.717, 1.165) is 35.3 Å². The van der Waals surface area contributed by atoms with E-state index in [-0.39, 0.29) is 5.91 Å². The summed E-state index contributed by atoms with van der Waals surface area (Å²) in [5, 5.41) is 6.78. The van der Waals surface area contributed by atoms with E-state index in [9.17, 15) is 4.79 Å². The largest absolute Gasteiger partial charge is 0.364 e. The van der Waals surface area contributed by atoms with E-state index in [1.165, 1.54) is 11.1 Å². The summed E-state index contributed by atoms with van der Waals surface area (Å²) in [5.74, 6) is -0.135. The van der Waals surface area contributed by atoms with Crippen molar-refractivity contribution in [1.82, 2.24) is 0 Å². The Morgan fingerprint density at radius 3 is 1.45 bits per heavy atom. The van der Waals surface area contributed by atoms with Gasteiger partial charge in [-0.1, -0.05) is 98.8 Å². The molecule has 0 aliphatic rings. The Morgan fingerprint density at radius 2 is 1.03 bits per heavy atom. The molecule has 0 heterocycles. The maximum absolute atomic E-state index is 14.1. The zero-order valence-electron chi connectivity index (χ0n) is 19.2. The van der Waals surface area contributed by atoms with Gasteiger partial charge in [-0.05, 0) is 59.4 Å². The monoisotopic (exact) mass is 434 g/mol. The van der Waals surface area contributed by atoms with Crippen molar-refractivity contribution in [3.63, 3.8) is 0 Å². The summed E-state index contributed by atoms with van der Waals surface area (Å²) in [4.78, 5) is 14.1. The highest BCUT2D eigenvalue weighted by Crippen LogP contribution is 2.35. The third-order valence-corrected chi connectivity index (χ3v) is 6.07. The molecule has 1 amide bonds. The Morgan fingerprint density at radius 1 is 0.606 bits per heavy atom. The Bertz CT molecular complexity index is 1130. The first-order chi connectivity index (χ1) is 16.2. The Balaban J connectivity index is 1.83. The smallest absolute Gasteiger partial charge is 0.259 e. The van der Waals surface area contributed by atoms with Crippen molar-refractivity contribution in [3.8, 4) is 0 Å². The van der Waals surface area contributed by atoms with Crippen LogP contribution in [0.25, 0.3) is 0 Å². The first-order valence-electron chi connectivity index (χ1n) is 11.5. The first-order valence-corrected chi connectivity index (χ1v) is 11.5. The highest BCUT2D eigenvalue weighted by atomic mass is 16.2. The summed E-state index contributed by atoms with van der Waals surface area (Å²) >= 11 is 0. The van der Waals surface area contributed by atoms with Crippen LogP contribution < -0.4 is 10.6 Å². The van der Waals surface area contributed by atoms with Gasteiger partial charge in [0.1, 0.15) is 0 Å². The molecule has 0 aliphatic heterocycles. The van der Waals surface area contributed by atoms with E-state index < -0.39 is 5.54 Å². The molecule has 0 atom stereocenters. The molecule has 3 nitrogen and oxygen atoms in total. The van der Waals surface area contributed by atoms with Gasteiger partial charge < -0.3 is 10.6 Å². The second kappa shape index (κ2) is 10.2. The molecule has 166 valence electrons. The summed E-state index contributed by atoms with van der Waals surface area (Å²) in [6.45, 7) is 4.26. The van der Waals surface area contributed by atoms with Gasteiger partial charge in [-0.25, -0.2) is 0 Å². The molecule has 0 spiro atoms. The lowest BCUT2D eigenvalue weighted by atomic mass is 9.81. The minimum atomic E-state index is -1.11. The molecule has 4 aromatic rings. The number of anilines is 2. The molecule has 0 saturated carbocycles. The Hall–Kier alpha value is -3.85. The fourth-order valence-corrected chi connectivity index (χ4v) is 4.10. The lowest BCUT2D eigenvalue weighted by molar-refractivity contribution is -0.119. The molecule has 2 N–H and O–H groups in total. The summed E-state index contributed by atoms with van der Waals surface area (Å²) in [6, 6.07) is 36.2. The number of rotatable bonds is 8. The van der Waals surface area contributed by atoms with E-state index in [4.69, 9.17) is 0 Å². The summed E-state index contributed by atoms with van der Waals surface area (Å²) in [7, 11) is 0. The van der Waals surface area contributed by atoms with Crippen LogP contribution >= 0.6 is 0 Å². The molecule has 3 heteroatoms. The van der Waals surface area contributed by atoms with E-state index in [1.807, 2.05) is 84.9 Å². The average molecular weight is 435 g/mol. The number of nitrogens with one attached hydrogen (secondary N) is 2. The van der Waals surface area contributed by atoms with Crippen LogP contribution in [0.3, 0.4) is 0 Å². The highest BCUT2D eigenvalue weighted by molar-refractivity contribution is 6.03. The van der Waals surface area contributed by atoms with Crippen LogP contribution in [-0.4, -0.2) is 5.91 Å². The number of hydrogen-bond donors (Lipinski definition) is 2. The molecular weight excluding hydrogens is 404 g/mol. The first kappa shape index (κ1) is 22.3. The van der Waals surface area contributed by atoms with Crippen LogP contribution in [0.2, 0.25) is 0 Å². The predicted molar refractivity (Wildman–Crippen MR) is 138 cm³/mol. The van der Waals surface area contributed by atoms with Gasteiger partial charge >= 0.3 is 0 Å². The molecule has 0 aromatic heterocycles. The van der Waals surface area contributed by atoms with E-state index >= 15 is 0 Å². The molecule has 4 aromatic carbocycles. The fraction of sp³-hybridized carbons (Fsp3) is 0.167. The number of carbonyl (C=O) groups excluding carboxylic acids is 1. The zero-order chi connectivity index (χ0) is 23.1. The standard InChI is InChI=1S/C30H30N2O/c1-3-23-15-19-27(20-16-23)31-29(33)30(25-11-7-5-8-12-25,26-13-9-6-10-14-26)32-28-21-17-24(4-2)18-22-28/h5-22,32H,3-4H2,1-2H3,(H,31,33). The quantitative estimate of drug-likeness (QED) is 0.320. The summed E-state index contributed by atoms with van der Waals surface area (Å²) in [6.07, 6.45) is 1.93. The van der Waals surface area contributed by atoms with Crippen molar-refractivity contribution in [2.75, 3.05) is 10.6 Å². The van der Waals surface area contributed by atoms with Gasteiger partial charge in [-0.3, -0.25) is 4.79 Å². The van der Waals surface area contributed by atoms with Crippen LogP contribution in [0.15, 0.2) is 109 Å². The number of amides is 1. The van der Waals surface area contributed by atoms with Crippen molar-refractivity contribution < 1.29 is 4.79 Å². The van der Waals surface area contributed by atoms with E-state index in [2.05, 4.69) is 48.7 Å². The number of carbonyl (C=O) groups is 1. The third-order valence-electron chi connectivity index (χ3n) is 6.07. The summed E-state index contributed by atoms with van der Waals surface area (Å²) < 4.78 is 0. The summed E-state index contributed by atoms with van der Waals surface area (Å²) in [5.41, 5.74) is 4.79. The Kier molecular flexibility index (Phi) is 6.89. The molecule has 0 saturated heterocycles. The van der Waals surface area contributed by atoms with Gasteiger partial charge in [0.15, 0.2) is 5.54 Å². The number of hydrogen-bond acceptors (Lipinski definition) is 2. The van der Waals surface area contributed by atoms with Crippen LogP contribution in [-0.2, 0) is 23.2 Å². The van der Waals surface area contributed by atoms with Crippen LogP contribution in [0, 0.1) is 0 Å². The minimum Gasteiger partial charge on any atom is -0.364 e. The van der Waals surface area contributed by atoms with Crippen molar-refractivity contribution in [3.05, 3.63) is 131 Å². The normalized spacial score (nSPS) is 11.1. The molecule has 0 fully saturated rings.